The van der Waals surface area contributed by atoms with Gasteiger partial charge < -0.3 is 20.5 Å². The summed E-state index contributed by atoms with van der Waals surface area (Å²) < 4.78 is 11.2. The molecule has 1 saturated carbocycles. The molecular formula is C16H22N2O3. The third-order valence-electron chi connectivity index (χ3n) is 3.84. The van der Waals surface area contributed by atoms with Crippen LogP contribution in [0, 0.1) is 5.92 Å². The lowest BCUT2D eigenvalue weighted by atomic mass is 10.0. The Morgan fingerprint density at radius 1 is 1.33 bits per heavy atom. The third-order valence-corrected chi connectivity index (χ3v) is 3.84. The molecule has 114 valence electrons. The zero-order valence-electron chi connectivity index (χ0n) is 12.3. The van der Waals surface area contributed by atoms with Gasteiger partial charge in [-0.25, -0.2) is 0 Å². The van der Waals surface area contributed by atoms with Gasteiger partial charge in [-0.05, 0) is 43.4 Å². The second-order valence-electron chi connectivity index (χ2n) is 5.97. The number of ether oxygens (including phenoxy) is 2. The first-order chi connectivity index (χ1) is 10.1. The van der Waals surface area contributed by atoms with E-state index in [1.165, 1.54) is 0 Å². The normalized spacial score (nSPS) is 19.7. The number of carbonyl (C=O) groups excluding carboxylic acids is 1. The van der Waals surface area contributed by atoms with Crippen molar-refractivity contribution in [1.82, 2.24) is 5.32 Å². The van der Waals surface area contributed by atoms with Gasteiger partial charge in [0.15, 0.2) is 11.5 Å². The molecule has 0 radical (unpaired) electrons. The molecule has 1 aromatic rings. The molecule has 0 saturated heterocycles. The molecule has 1 heterocycles. The van der Waals surface area contributed by atoms with Gasteiger partial charge in [0.1, 0.15) is 13.2 Å². The Bertz CT molecular complexity index is 526. The van der Waals surface area contributed by atoms with Gasteiger partial charge in [0.2, 0.25) is 5.91 Å². The Balaban J connectivity index is 1.76. The molecule has 2 aliphatic rings. The van der Waals surface area contributed by atoms with Gasteiger partial charge in [-0.2, -0.15) is 0 Å². The molecule has 2 unspecified atom stereocenters. The Morgan fingerprint density at radius 3 is 2.71 bits per heavy atom. The highest BCUT2D eigenvalue weighted by Gasteiger charge is 2.34. The number of hydrogen-bond donors (Lipinski definition) is 2. The van der Waals surface area contributed by atoms with Crippen LogP contribution < -0.4 is 20.5 Å². The van der Waals surface area contributed by atoms with Gasteiger partial charge in [0, 0.05) is 12.5 Å². The van der Waals surface area contributed by atoms with E-state index in [2.05, 4.69) is 5.32 Å². The van der Waals surface area contributed by atoms with Gasteiger partial charge in [-0.3, -0.25) is 4.79 Å². The van der Waals surface area contributed by atoms with Gasteiger partial charge in [-0.15, -0.1) is 0 Å². The highest BCUT2D eigenvalue weighted by Crippen LogP contribution is 2.43. The van der Waals surface area contributed by atoms with E-state index in [0.29, 0.717) is 25.6 Å². The summed E-state index contributed by atoms with van der Waals surface area (Å²) in [5.41, 5.74) is 6.78. The second-order valence-corrected chi connectivity index (χ2v) is 5.97. The van der Waals surface area contributed by atoms with Crippen molar-refractivity contribution in [2.45, 2.75) is 38.3 Å². The van der Waals surface area contributed by atoms with Crippen LogP contribution in [0.5, 0.6) is 11.5 Å². The number of nitrogens with two attached hydrogens (primary N) is 1. The van der Waals surface area contributed by atoms with Crippen molar-refractivity contribution in [3.8, 4) is 11.5 Å². The van der Waals surface area contributed by atoms with Gasteiger partial charge in [-0.1, -0.05) is 6.07 Å². The maximum Gasteiger partial charge on any atom is 0.222 e. The van der Waals surface area contributed by atoms with E-state index in [1.807, 2.05) is 25.1 Å². The van der Waals surface area contributed by atoms with E-state index in [4.69, 9.17) is 15.2 Å². The monoisotopic (exact) mass is 290 g/mol. The molecule has 5 heteroatoms. The summed E-state index contributed by atoms with van der Waals surface area (Å²) in [6.45, 7) is 3.00. The van der Waals surface area contributed by atoms with Crippen molar-refractivity contribution in [2.75, 3.05) is 13.2 Å². The number of rotatable bonds is 5. The minimum absolute atomic E-state index is 0.0109. The van der Waals surface area contributed by atoms with E-state index in [-0.39, 0.29) is 18.0 Å². The highest BCUT2D eigenvalue weighted by molar-refractivity contribution is 5.77. The van der Waals surface area contributed by atoms with E-state index in [0.717, 1.165) is 29.9 Å². The average molecular weight is 290 g/mol. The number of amides is 1. The molecule has 0 aromatic heterocycles. The van der Waals surface area contributed by atoms with Gasteiger partial charge in [0.05, 0.1) is 6.04 Å². The Kier molecular flexibility index (Phi) is 4.01. The first kappa shape index (κ1) is 14.2. The second kappa shape index (κ2) is 5.93. The van der Waals surface area contributed by atoms with Crippen LogP contribution in [-0.2, 0) is 4.79 Å². The zero-order chi connectivity index (χ0) is 14.8. The molecule has 21 heavy (non-hydrogen) atoms. The lowest BCUT2D eigenvalue weighted by Crippen LogP contribution is -2.33. The summed E-state index contributed by atoms with van der Waals surface area (Å²) in [5.74, 6) is 2.08. The third kappa shape index (κ3) is 3.47. The van der Waals surface area contributed by atoms with Crippen LogP contribution in [-0.4, -0.2) is 25.2 Å². The minimum atomic E-state index is -0.120. The molecule has 0 spiro atoms. The molecule has 0 bridgehead atoms. The molecule has 1 aliphatic heterocycles. The fourth-order valence-electron chi connectivity index (χ4n) is 2.68. The summed E-state index contributed by atoms with van der Waals surface area (Å²) in [4.78, 5) is 12.0. The Labute approximate surface area is 124 Å². The smallest absolute Gasteiger partial charge is 0.222 e. The van der Waals surface area contributed by atoms with Crippen LogP contribution >= 0.6 is 0 Å². The molecule has 3 N–H and O–H groups in total. The van der Waals surface area contributed by atoms with Gasteiger partial charge >= 0.3 is 0 Å². The Hall–Kier alpha value is -1.75. The number of benzene rings is 1. The van der Waals surface area contributed by atoms with Crippen LogP contribution in [0.2, 0.25) is 0 Å². The SMILES string of the molecule is CC(N)CC(=O)NC(c1ccc2c(c1)OCCO2)C1CC1. The summed E-state index contributed by atoms with van der Waals surface area (Å²) in [7, 11) is 0. The van der Waals surface area contributed by atoms with Crippen molar-refractivity contribution in [3.63, 3.8) is 0 Å². The summed E-state index contributed by atoms with van der Waals surface area (Å²) in [6, 6.07) is 5.86. The standard InChI is InChI=1S/C16H22N2O3/c1-10(17)8-15(19)18-16(11-2-3-11)12-4-5-13-14(9-12)21-7-6-20-13/h4-5,9-11,16H,2-3,6-8,17H2,1H3,(H,18,19). The first-order valence-electron chi connectivity index (χ1n) is 7.58. The molecule has 5 nitrogen and oxygen atoms in total. The summed E-state index contributed by atoms with van der Waals surface area (Å²) in [6.07, 6.45) is 2.66. The average Bonchev–Trinajstić information content (AvgIpc) is 3.28. The summed E-state index contributed by atoms with van der Waals surface area (Å²) >= 11 is 0. The van der Waals surface area contributed by atoms with Crippen LogP contribution in [0.25, 0.3) is 0 Å². The van der Waals surface area contributed by atoms with E-state index in [9.17, 15) is 4.79 Å². The van der Waals surface area contributed by atoms with Crippen molar-refractivity contribution >= 4 is 5.91 Å². The van der Waals surface area contributed by atoms with Crippen molar-refractivity contribution in [2.24, 2.45) is 11.7 Å². The zero-order valence-corrected chi connectivity index (χ0v) is 12.3. The molecule has 3 rings (SSSR count). The number of hydrogen-bond acceptors (Lipinski definition) is 4. The Morgan fingerprint density at radius 2 is 2.05 bits per heavy atom. The number of carbonyl (C=O) groups is 1. The van der Waals surface area contributed by atoms with Crippen molar-refractivity contribution in [1.29, 1.82) is 0 Å². The van der Waals surface area contributed by atoms with Crippen LogP contribution in [0.4, 0.5) is 0 Å². The maximum absolute atomic E-state index is 12.0. The van der Waals surface area contributed by atoms with Crippen LogP contribution in [0.15, 0.2) is 18.2 Å². The van der Waals surface area contributed by atoms with E-state index >= 15 is 0 Å². The molecule has 1 aliphatic carbocycles. The molecule has 1 amide bonds. The predicted molar refractivity (Wildman–Crippen MR) is 79.3 cm³/mol. The van der Waals surface area contributed by atoms with Gasteiger partial charge in [0.25, 0.3) is 0 Å². The quantitative estimate of drug-likeness (QED) is 0.866. The highest BCUT2D eigenvalue weighted by atomic mass is 16.6. The molecular weight excluding hydrogens is 268 g/mol. The lowest BCUT2D eigenvalue weighted by Gasteiger charge is -2.23. The predicted octanol–water partition coefficient (Wildman–Crippen LogP) is 1.76. The van der Waals surface area contributed by atoms with Crippen LogP contribution in [0.1, 0.15) is 37.8 Å². The minimum Gasteiger partial charge on any atom is -0.486 e. The molecule has 1 aromatic carbocycles. The largest absolute Gasteiger partial charge is 0.486 e. The number of nitrogens with one attached hydrogen (secondary N) is 1. The molecule has 2 atom stereocenters. The first-order valence-corrected chi connectivity index (χ1v) is 7.58. The van der Waals surface area contributed by atoms with Crippen LogP contribution in [0.3, 0.4) is 0 Å². The fraction of sp³-hybridized carbons (Fsp3) is 0.562. The number of fused-ring (bicyclic) bond motifs is 1. The maximum atomic E-state index is 12.0. The van der Waals surface area contributed by atoms with Crippen molar-refractivity contribution < 1.29 is 14.3 Å². The van der Waals surface area contributed by atoms with E-state index in [1.54, 1.807) is 0 Å². The topological polar surface area (TPSA) is 73.6 Å². The fourth-order valence-corrected chi connectivity index (χ4v) is 2.68. The van der Waals surface area contributed by atoms with Crippen molar-refractivity contribution in [3.05, 3.63) is 23.8 Å². The molecule has 1 fully saturated rings. The summed E-state index contributed by atoms with van der Waals surface area (Å²) in [5, 5.41) is 3.12. The lowest BCUT2D eigenvalue weighted by molar-refractivity contribution is -0.122. The van der Waals surface area contributed by atoms with E-state index < -0.39 is 0 Å².